The number of halogens is 1. The average molecular weight is 428 g/mol. The lowest BCUT2D eigenvalue weighted by molar-refractivity contribution is -0.122. The lowest BCUT2D eigenvalue weighted by Gasteiger charge is -2.07. The van der Waals surface area contributed by atoms with Crippen molar-refractivity contribution in [2.75, 3.05) is 6.54 Å². The van der Waals surface area contributed by atoms with Gasteiger partial charge in [-0.3, -0.25) is 9.79 Å². The molecule has 1 heterocycles. The average Bonchev–Trinajstić information content (AvgIpc) is 2.92. The normalized spacial score (nSPS) is 17.8. The van der Waals surface area contributed by atoms with Crippen LogP contribution in [-0.4, -0.2) is 28.8 Å². The van der Waals surface area contributed by atoms with E-state index in [0.29, 0.717) is 16.6 Å². The van der Waals surface area contributed by atoms with Crippen LogP contribution in [-0.2, 0) is 4.79 Å². The maximum absolute atomic E-state index is 12.8. The molecular weight excluding hydrogens is 410 g/mol. The van der Waals surface area contributed by atoms with Gasteiger partial charge in [-0.25, -0.2) is 0 Å². The van der Waals surface area contributed by atoms with Gasteiger partial charge in [0.2, 0.25) is 0 Å². The van der Waals surface area contributed by atoms with E-state index in [4.69, 9.17) is 0 Å². The van der Waals surface area contributed by atoms with Crippen molar-refractivity contribution in [1.82, 2.24) is 5.01 Å². The highest BCUT2D eigenvalue weighted by Crippen LogP contribution is 2.33. The van der Waals surface area contributed by atoms with E-state index in [1.54, 1.807) is 6.21 Å². The quantitative estimate of drug-likeness (QED) is 0.504. The standard InChI is InChI=1S/C20H18BrN3OS/c1-3-22-20-24(23-13-16-6-4-14(2)5-7-16)19(25)18(26-20)12-15-8-10-17(21)11-9-15/h4-13H,3H2,1-2H3/b18-12-,22-20?,23-13+. The Hall–Kier alpha value is -2.18. The number of amides is 1. The largest absolute Gasteiger partial charge is 0.287 e. The summed E-state index contributed by atoms with van der Waals surface area (Å²) in [5.41, 5.74) is 3.08. The zero-order valence-electron chi connectivity index (χ0n) is 14.5. The molecule has 0 saturated carbocycles. The van der Waals surface area contributed by atoms with Crippen molar-refractivity contribution in [3.63, 3.8) is 0 Å². The molecule has 6 heteroatoms. The summed E-state index contributed by atoms with van der Waals surface area (Å²) in [6, 6.07) is 15.8. The van der Waals surface area contributed by atoms with E-state index in [1.807, 2.05) is 68.5 Å². The molecule has 0 aliphatic carbocycles. The summed E-state index contributed by atoms with van der Waals surface area (Å²) < 4.78 is 1.00. The summed E-state index contributed by atoms with van der Waals surface area (Å²) in [4.78, 5) is 17.8. The number of rotatable bonds is 4. The zero-order chi connectivity index (χ0) is 18.5. The van der Waals surface area contributed by atoms with Gasteiger partial charge in [0, 0.05) is 11.0 Å². The van der Waals surface area contributed by atoms with Crippen LogP contribution in [0.5, 0.6) is 0 Å². The molecule has 1 amide bonds. The van der Waals surface area contributed by atoms with Gasteiger partial charge >= 0.3 is 0 Å². The third kappa shape index (κ3) is 4.51. The molecule has 26 heavy (non-hydrogen) atoms. The Labute approximate surface area is 165 Å². The Morgan fingerprint density at radius 3 is 2.38 bits per heavy atom. The SMILES string of the molecule is CCN=C1S/C(=C\c2ccc(Br)cc2)C(=O)N1/N=C/c1ccc(C)cc1. The van der Waals surface area contributed by atoms with Gasteiger partial charge in [0.15, 0.2) is 5.17 Å². The highest BCUT2D eigenvalue weighted by molar-refractivity contribution is 9.10. The Balaban J connectivity index is 1.86. The lowest BCUT2D eigenvalue weighted by atomic mass is 10.2. The van der Waals surface area contributed by atoms with Gasteiger partial charge in [-0.1, -0.05) is 57.9 Å². The summed E-state index contributed by atoms with van der Waals surface area (Å²) in [7, 11) is 0. The van der Waals surface area contributed by atoms with Gasteiger partial charge in [-0.15, -0.1) is 0 Å². The second-order valence-electron chi connectivity index (χ2n) is 5.69. The smallest absolute Gasteiger partial charge is 0.266 e. The fourth-order valence-electron chi connectivity index (χ4n) is 2.29. The van der Waals surface area contributed by atoms with Crippen LogP contribution in [0.1, 0.15) is 23.6 Å². The molecule has 1 aliphatic rings. The summed E-state index contributed by atoms with van der Waals surface area (Å²) in [6.07, 6.45) is 3.55. The van der Waals surface area contributed by atoms with Crippen molar-refractivity contribution >= 4 is 51.1 Å². The van der Waals surface area contributed by atoms with Crippen LogP contribution in [0.15, 0.2) is 68.0 Å². The van der Waals surface area contributed by atoms with Crippen LogP contribution >= 0.6 is 27.7 Å². The molecular formula is C20H18BrN3OS. The van der Waals surface area contributed by atoms with Crippen molar-refractivity contribution in [2.45, 2.75) is 13.8 Å². The van der Waals surface area contributed by atoms with E-state index in [-0.39, 0.29) is 5.91 Å². The predicted octanol–water partition coefficient (Wildman–Crippen LogP) is 5.08. The van der Waals surface area contributed by atoms with Crippen LogP contribution in [0.2, 0.25) is 0 Å². The minimum atomic E-state index is -0.159. The number of thioether (sulfide) groups is 1. The van der Waals surface area contributed by atoms with E-state index in [9.17, 15) is 4.79 Å². The highest BCUT2D eigenvalue weighted by Gasteiger charge is 2.33. The second kappa shape index (κ2) is 8.47. The van der Waals surface area contributed by atoms with E-state index in [2.05, 4.69) is 26.0 Å². The first kappa shape index (κ1) is 18.6. The predicted molar refractivity (Wildman–Crippen MR) is 113 cm³/mol. The number of hydrogen-bond donors (Lipinski definition) is 0. The van der Waals surface area contributed by atoms with Crippen molar-refractivity contribution in [3.8, 4) is 0 Å². The molecule has 0 spiro atoms. The Bertz CT molecular complexity index is 886. The number of amidine groups is 1. The molecule has 0 N–H and O–H groups in total. The molecule has 0 radical (unpaired) electrons. The number of hydrogen-bond acceptors (Lipinski definition) is 4. The topological polar surface area (TPSA) is 45.0 Å². The van der Waals surface area contributed by atoms with Crippen molar-refractivity contribution in [3.05, 3.63) is 74.6 Å². The Morgan fingerprint density at radius 2 is 1.73 bits per heavy atom. The van der Waals surface area contributed by atoms with Crippen molar-refractivity contribution < 1.29 is 4.79 Å². The number of aryl methyl sites for hydroxylation is 1. The number of carbonyl (C=O) groups excluding carboxylic acids is 1. The molecule has 1 fully saturated rings. The molecule has 1 aliphatic heterocycles. The fraction of sp³-hybridized carbons (Fsp3) is 0.150. The molecule has 0 atom stereocenters. The third-order valence-corrected chi connectivity index (χ3v) is 5.17. The molecule has 2 aromatic rings. The summed E-state index contributed by atoms with van der Waals surface area (Å²) >= 11 is 4.77. The van der Waals surface area contributed by atoms with Gasteiger partial charge in [-0.2, -0.15) is 10.1 Å². The van der Waals surface area contributed by atoms with E-state index in [1.165, 1.54) is 22.3 Å². The van der Waals surface area contributed by atoms with Crippen molar-refractivity contribution in [1.29, 1.82) is 0 Å². The van der Waals surface area contributed by atoms with Gasteiger partial charge in [0.05, 0.1) is 11.1 Å². The number of benzene rings is 2. The first-order chi connectivity index (χ1) is 12.6. The van der Waals surface area contributed by atoms with E-state index >= 15 is 0 Å². The highest BCUT2D eigenvalue weighted by atomic mass is 79.9. The number of hydrazone groups is 1. The molecule has 1 saturated heterocycles. The molecule has 2 aromatic carbocycles. The molecule has 0 aromatic heterocycles. The zero-order valence-corrected chi connectivity index (χ0v) is 16.9. The Kier molecular flexibility index (Phi) is 6.06. The minimum Gasteiger partial charge on any atom is -0.266 e. The summed E-state index contributed by atoms with van der Waals surface area (Å²) in [5.74, 6) is -0.159. The maximum atomic E-state index is 12.8. The van der Waals surface area contributed by atoms with Crippen LogP contribution < -0.4 is 0 Å². The molecule has 3 rings (SSSR count). The molecule has 4 nitrogen and oxygen atoms in total. The van der Waals surface area contributed by atoms with Gasteiger partial charge in [0.25, 0.3) is 5.91 Å². The monoisotopic (exact) mass is 427 g/mol. The number of aliphatic imine (C=N–C) groups is 1. The van der Waals surface area contributed by atoms with Gasteiger partial charge < -0.3 is 0 Å². The number of carbonyl (C=O) groups is 1. The van der Waals surface area contributed by atoms with E-state index in [0.717, 1.165) is 15.6 Å². The fourth-order valence-corrected chi connectivity index (χ4v) is 3.53. The van der Waals surface area contributed by atoms with Crippen LogP contribution in [0.4, 0.5) is 0 Å². The van der Waals surface area contributed by atoms with Gasteiger partial charge in [-0.05, 0) is 54.9 Å². The molecule has 0 unspecified atom stereocenters. The van der Waals surface area contributed by atoms with Crippen LogP contribution in [0.25, 0.3) is 6.08 Å². The lowest BCUT2D eigenvalue weighted by Crippen LogP contribution is -2.23. The van der Waals surface area contributed by atoms with Crippen LogP contribution in [0, 0.1) is 6.92 Å². The molecule has 132 valence electrons. The minimum absolute atomic E-state index is 0.159. The van der Waals surface area contributed by atoms with Crippen LogP contribution in [0.3, 0.4) is 0 Å². The first-order valence-corrected chi connectivity index (χ1v) is 9.82. The summed E-state index contributed by atoms with van der Waals surface area (Å²) in [5, 5.41) is 6.34. The van der Waals surface area contributed by atoms with Gasteiger partial charge in [0.1, 0.15) is 0 Å². The maximum Gasteiger partial charge on any atom is 0.287 e. The first-order valence-electron chi connectivity index (χ1n) is 8.21. The van der Waals surface area contributed by atoms with E-state index < -0.39 is 0 Å². The number of nitrogens with zero attached hydrogens (tertiary/aromatic N) is 3. The summed E-state index contributed by atoms with van der Waals surface area (Å²) in [6.45, 7) is 4.57. The third-order valence-electron chi connectivity index (χ3n) is 3.65. The molecule has 0 bridgehead atoms. The van der Waals surface area contributed by atoms with Crippen molar-refractivity contribution in [2.24, 2.45) is 10.1 Å². The Morgan fingerprint density at radius 1 is 1.08 bits per heavy atom. The second-order valence-corrected chi connectivity index (χ2v) is 7.62.